The SMILES string of the molecule is C[C@]12CC[C@H]3[C@@H](CC=C4C5(CCCCC5)C(=O)CC[C@@]43C)[C@@H]1CC[C@@H]2O. The Morgan fingerprint density at radius 1 is 0.962 bits per heavy atom. The van der Waals surface area contributed by atoms with E-state index < -0.39 is 0 Å². The first kappa shape index (κ1) is 17.5. The molecule has 0 saturated heterocycles. The molecule has 0 amide bonds. The number of carbonyl (C=O) groups excluding carboxylic acids is 1. The molecule has 26 heavy (non-hydrogen) atoms. The number of fused-ring (bicyclic) bond motifs is 6. The highest BCUT2D eigenvalue weighted by molar-refractivity contribution is 5.90. The molecule has 0 heterocycles. The lowest BCUT2D eigenvalue weighted by Gasteiger charge is -2.61. The summed E-state index contributed by atoms with van der Waals surface area (Å²) in [5.41, 5.74) is 1.87. The van der Waals surface area contributed by atoms with Crippen molar-refractivity contribution in [1.82, 2.24) is 0 Å². The van der Waals surface area contributed by atoms with Gasteiger partial charge in [0.2, 0.25) is 0 Å². The number of ketones is 1. The number of carbonyl (C=O) groups is 1. The Hall–Kier alpha value is -0.630. The van der Waals surface area contributed by atoms with Crippen molar-refractivity contribution < 1.29 is 9.90 Å². The summed E-state index contributed by atoms with van der Waals surface area (Å²) in [7, 11) is 0. The Morgan fingerprint density at radius 3 is 2.50 bits per heavy atom. The van der Waals surface area contributed by atoms with Crippen molar-refractivity contribution in [2.45, 2.75) is 97.0 Å². The van der Waals surface area contributed by atoms with E-state index >= 15 is 0 Å². The van der Waals surface area contributed by atoms with E-state index in [0.717, 1.165) is 50.4 Å². The first-order chi connectivity index (χ1) is 12.4. The predicted molar refractivity (Wildman–Crippen MR) is 104 cm³/mol. The van der Waals surface area contributed by atoms with Crippen LogP contribution in [0.4, 0.5) is 0 Å². The molecule has 5 rings (SSSR count). The maximum Gasteiger partial charge on any atom is 0.143 e. The number of hydrogen-bond donors (Lipinski definition) is 1. The summed E-state index contributed by atoms with van der Waals surface area (Å²) in [4.78, 5) is 13.1. The Morgan fingerprint density at radius 2 is 1.73 bits per heavy atom. The van der Waals surface area contributed by atoms with Gasteiger partial charge in [-0.15, -0.1) is 0 Å². The lowest BCUT2D eigenvalue weighted by atomic mass is 9.43. The minimum atomic E-state index is -0.0933. The Labute approximate surface area is 158 Å². The molecule has 0 aromatic rings. The first-order valence-electron chi connectivity index (χ1n) is 11.3. The zero-order valence-electron chi connectivity index (χ0n) is 16.7. The molecular formula is C24H36O2. The molecule has 0 bridgehead atoms. The Balaban J connectivity index is 1.55. The van der Waals surface area contributed by atoms with Crippen molar-refractivity contribution in [3.8, 4) is 0 Å². The molecule has 0 radical (unpaired) electrons. The molecule has 0 unspecified atom stereocenters. The molecule has 6 atom stereocenters. The minimum Gasteiger partial charge on any atom is -0.393 e. The fourth-order valence-corrected chi connectivity index (χ4v) is 8.59. The molecule has 4 saturated carbocycles. The van der Waals surface area contributed by atoms with Crippen LogP contribution in [-0.4, -0.2) is 17.0 Å². The van der Waals surface area contributed by atoms with Gasteiger partial charge in [0.1, 0.15) is 5.78 Å². The summed E-state index contributed by atoms with van der Waals surface area (Å²) in [6.07, 6.45) is 16.2. The second-order valence-electron chi connectivity index (χ2n) is 10.9. The lowest BCUT2D eigenvalue weighted by molar-refractivity contribution is -0.136. The van der Waals surface area contributed by atoms with Gasteiger partial charge in [-0.2, -0.15) is 0 Å². The van der Waals surface area contributed by atoms with E-state index in [1.807, 2.05) is 0 Å². The van der Waals surface area contributed by atoms with Crippen LogP contribution in [0.2, 0.25) is 0 Å². The normalized spacial score (nSPS) is 50.0. The van der Waals surface area contributed by atoms with Gasteiger partial charge in [0.15, 0.2) is 0 Å². The highest BCUT2D eigenvalue weighted by Gasteiger charge is 2.62. The number of allylic oxidation sites excluding steroid dienone is 2. The van der Waals surface area contributed by atoms with Gasteiger partial charge in [-0.05, 0) is 80.0 Å². The Kier molecular flexibility index (Phi) is 3.82. The van der Waals surface area contributed by atoms with E-state index in [4.69, 9.17) is 0 Å². The molecule has 5 aliphatic rings. The van der Waals surface area contributed by atoms with Gasteiger partial charge < -0.3 is 5.11 Å². The smallest absolute Gasteiger partial charge is 0.143 e. The predicted octanol–water partition coefficient (Wildman–Crippen LogP) is 5.44. The van der Waals surface area contributed by atoms with Crippen molar-refractivity contribution in [1.29, 1.82) is 0 Å². The van der Waals surface area contributed by atoms with Crippen LogP contribution in [0, 0.1) is 34.0 Å². The minimum absolute atomic E-state index is 0.0911. The number of hydrogen-bond acceptors (Lipinski definition) is 2. The van der Waals surface area contributed by atoms with Gasteiger partial charge in [-0.1, -0.05) is 44.8 Å². The topological polar surface area (TPSA) is 37.3 Å². The first-order valence-corrected chi connectivity index (χ1v) is 11.3. The van der Waals surface area contributed by atoms with Crippen LogP contribution in [0.5, 0.6) is 0 Å². The molecule has 1 N–H and O–H groups in total. The van der Waals surface area contributed by atoms with Gasteiger partial charge in [0.25, 0.3) is 0 Å². The summed E-state index contributed by atoms with van der Waals surface area (Å²) in [6.45, 7) is 4.88. The van der Waals surface area contributed by atoms with Crippen molar-refractivity contribution in [2.24, 2.45) is 34.0 Å². The summed E-state index contributed by atoms with van der Waals surface area (Å²) in [6, 6.07) is 0. The van der Waals surface area contributed by atoms with Crippen LogP contribution >= 0.6 is 0 Å². The van der Waals surface area contributed by atoms with Crippen molar-refractivity contribution in [3.05, 3.63) is 11.6 Å². The zero-order chi connectivity index (χ0) is 18.2. The Bertz CT molecular complexity index is 643. The molecule has 144 valence electrons. The van der Waals surface area contributed by atoms with E-state index in [0.29, 0.717) is 11.7 Å². The summed E-state index contributed by atoms with van der Waals surface area (Å²) in [5.74, 6) is 2.72. The average Bonchev–Trinajstić information content (AvgIpc) is 2.95. The second-order valence-corrected chi connectivity index (χ2v) is 10.9. The molecule has 5 aliphatic carbocycles. The van der Waals surface area contributed by atoms with Crippen LogP contribution in [0.25, 0.3) is 0 Å². The van der Waals surface area contributed by atoms with Gasteiger partial charge in [0, 0.05) is 6.42 Å². The van der Waals surface area contributed by atoms with Gasteiger partial charge in [0.05, 0.1) is 11.5 Å². The number of rotatable bonds is 0. The fourth-order valence-electron chi connectivity index (χ4n) is 8.59. The quantitative estimate of drug-likeness (QED) is 0.587. The molecular weight excluding hydrogens is 320 g/mol. The lowest BCUT2D eigenvalue weighted by Crippen LogP contribution is -2.55. The van der Waals surface area contributed by atoms with Gasteiger partial charge in [-0.3, -0.25) is 4.79 Å². The zero-order valence-corrected chi connectivity index (χ0v) is 16.7. The monoisotopic (exact) mass is 356 g/mol. The highest BCUT2D eigenvalue weighted by atomic mass is 16.3. The molecule has 1 spiro atoms. The van der Waals surface area contributed by atoms with Crippen LogP contribution in [0.15, 0.2) is 11.6 Å². The summed E-state index contributed by atoms with van der Waals surface area (Å²) < 4.78 is 0. The van der Waals surface area contributed by atoms with Crippen molar-refractivity contribution in [2.75, 3.05) is 0 Å². The molecule has 0 aromatic carbocycles. The van der Waals surface area contributed by atoms with Crippen molar-refractivity contribution >= 4 is 5.78 Å². The number of aliphatic hydroxyl groups is 1. The van der Waals surface area contributed by atoms with E-state index in [1.54, 1.807) is 5.57 Å². The molecule has 2 nitrogen and oxygen atoms in total. The van der Waals surface area contributed by atoms with Gasteiger partial charge >= 0.3 is 0 Å². The molecule has 2 heteroatoms. The molecule has 0 aromatic heterocycles. The average molecular weight is 357 g/mol. The van der Waals surface area contributed by atoms with E-state index in [2.05, 4.69) is 19.9 Å². The molecule has 0 aliphatic heterocycles. The fraction of sp³-hybridized carbons (Fsp3) is 0.875. The number of aliphatic hydroxyl groups excluding tert-OH is 1. The number of Topliss-reactive ketones (excluding diaryl/α,β-unsaturated/α-hetero) is 1. The van der Waals surface area contributed by atoms with E-state index in [9.17, 15) is 9.90 Å². The third-order valence-corrected chi connectivity index (χ3v) is 10.0. The third kappa shape index (κ3) is 2.06. The highest BCUT2D eigenvalue weighted by Crippen LogP contribution is 2.68. The van der Waals surface area contributed by atoms with Crippen LogP contribution in [-0.2, 0) is 4.79 Å². The van der Waals surface area contributed by atoms with Crippen LogP contribution in [0.3, 0.4) is 0 Å². The third-order valence-electron chi connectivity index (χ3n) is 10.0. The summed E-state index contributed by atoms with van der Waals surface area (Å²) in [5, 5.41) is 10.6. The molecule has 4 fully saturated rings. The van der Waals surface area contributed by atoms with E-state index in [1.165, 1.54) is 38.5 Å². The standard InChI is InChI=1S/C24H36O2/c1-22-15-11-21(26)24(12-4-3-5-13-24)19(22)8-6-16-17-7-9-20(25)23(17,2)14-10-18(16)22/h8,16-18,20,25H,3-7,9-15H2,1-2H3/t16-,17-,18-,20-,22+,23-/m0/s1. The van der Waals surface area contributed by atoms with E-state index in [-0.39, 0.29) is 22.3 Å². The maximum atomic E-state index is 13.1. The summed E-state index contributed by atoms with van der Waals surface area (Å²) >= 11 is 0. The second kappa shape index (κ2) is 5.69. The van der Waals surface area contributed by atoms with Crippen molar-refractivity contribution in [3.63, 3.8) is 0 Å². The maximum absolute atomic E-state index is 13.1. The van der Waals surface area contributed by atoms with Gasteiger partial charge in [-0.25, -0.2) is 0 Å². The van der Waals surface area contributed by atoms with Crippen LogP contribution < -0.4 is 0 Å². The largest absolute Gasteiger partial charge is 0.393 e. The van der Waals surface area contributed by atoms with Crippen LogP contribution in [0.1, 0.15) is 90.9 Å².